The molecule has 1 aliphatic carbocycles. The van der Waals surface area contributed by atoms with Crippen LogP contribution in [0.5, 0.6) is 11.5 Å². The van der Waals surface area contributed by atoms with E-state index in [1.165, 1.54) is 47.1 Å². The van der Waals surface area contributed by atoms with E-state index in [0.717, 1.165) is 68.2 Å². The van der Waals surface area contributed by atoms with E-state index < -0.39 is 5.41 Å². The first kappa shape index (κ1) is 33.1. The maximum absolute atomic E-state index is 13.6. The summed E-state index contributed by atoms with van der Waals surface area (Å²) < 4.78 is 13.2. The molecule has 6 rings (SSSR count). The molecule has 2 bridgehead atoms. The van der Waals surface area contributed by atoms with Gasteiger partial charge in [0.25, 0.3) is 0 Å². The lowest BCUT2D eigenvalue weighted by Crippen LogP contribution is -2.33. The molecule has 2 unspecified atom stereocenters. The van der Waals surface area contributed by atoms with Crippen molar-refractivity contribution in [2.45, 2.75) is 116 Å². The number of ether oxygens (including phenoxy) is 2. The average Bonchev–Trinajstić information content (AvgIpc) is 3.15. The van der Waals surface area contributed by atoms with E-state index in [1.54, 1.807) is 0 Å². The second-order valence-electron chi connectivity index (χ2n) is 14.6. The fourth-order valence-corrected chi connectivity index (χ4v) is 7.87. The number of rotatable bonds is 9. The summed E-state index contributed by atoms with van der Waals surface area (Å²) in [5, 5.41) is 0. The van der Waals surface area contributed by atoms with Crippen molar-refractivity contribution in [3.8, 4) is 33.8 Å². The molecule has 1 heterocycles. The van der Waals surface area contributed by atoms with Crippen molar-refractivity contribution >= 4 is 5.97 Å². The van der Waals surface area contributed by atoms with Crippen LogP contribution in [0.15, 0.2) is 91.0 Å². The number of fused-ring (bicyclic) bond motifs is 4. The molecule has 1 aliphatic heterocycles. The summed E-state index contributed by atoms with van der Waals surface area (Å²) in [6.45, 7) is 10.7. The Balaban J connectivity index is 1.48. The van der Waals surface area contributed by atoms with E-state index in [1.807, 2.05) is 13.0 Å². The van der Waals surface area contributed by atoms with Crippen LogP contribution in [-0.4, -0.2) is 11.6 Å². The van der Waals surface area contributed by atoms with Crippen molar-refractivity contribution in [1.29, 1.82) is 0 Å². The molecule has 47 heavy (non-hydrogen) atoms. The molecule has 0 amide bonds. The highest BCUT2D eigenvalue weighted by Crippen LogP contribution is 2.49. The minimum Gasteiger partial charge on any atom is -0.487 e. The molecule has 3 heteroatoms. The van der Waals surface area contributed by atoms with Gasteiger partial charge in [-0.2, -0.15) is 0 Å². The third-order valence-electron chi connectivity index (χ3n) is 11.4. The highest BCUT2D eigenvalue weighted by atomic mass is 16.5. The molecule has 2 atom stereocenters. The molecule has 0 aromatic heterocycles. The summed E-state index contributed by atoms with van der Waals surface area (Å²) in [6, 6.07) is 33.1. The number of aryl methyl sites for hydroxylation is 1. The molecule has 1 fully saturated rings. The quantitative estimate of drug-likeness (QED) is 0.137. The minimum atomic E-state index is -0.501. The van der Waals surface area contributed by atoms with E-state index in [2.05, 4.69) is 113 Å². The van der Waals surface area contributed by atoms with Gasteiger partial charge in [0.05, 0.1) is 5.41 Å². The van der Waals surface area contributed by atoms with Gasteiger partial charge in [0.15, 0.2) is 0 Å². The van der Waals surface area contributed by atoms with Gasteiger partial charge in [-0.1, -0.05) is 113 Å². The zero-order valence-electron chi connectivity index (χ0n) is 29.2. The topological polar surface area (TPSA) is 35.5 Å². The lowest BCUT2D eigenvalue weighted by atomic mass is 9.64. The Morgan fingerprint density at radius 1 is 0.787 bits per heavy atom. The van der Waals surface area contributed by atoms with Crippen molar-refractivity contribution in [1.82, 2.24) is 0 Å². The Bertz CT molecular complexity index is 1700. The smallest absolute Gasteiger partial charge is 0.317 e. The Morgan fingerprint density at radius 3 is 2.19 bits per heavy atom. The zero-order chi connectivity index (χ0) is 33.1. The molecule has 0 saturated heterocycles. The van der Waals surface area contributed by atoms with Gasteiger partial charge < -0.3 is 9.47 Å². The fraction of sp³-hybridized carbons (Fsp3) is 0.432. The summed E-state index contributed by atoms with van der Waals surface area (Å²) in [5.41, 5.74) is 7.59. The second-order valence-corrected chi connectivity index (χ2v) is 14.6. The van der Waals surface area contributed by atoms with Crippen LogP contribution in [0.4, 0.5) is 0 Å². The summed E-state index contributed by atoms with van der Waals surface area (Å²) in [5.74, 6) is 1.48. The lowest BCUT2D eigenvalue weighted by Gasteiger charge is -2.40. The van der Waals surface area contributed by atoms with Crippen molar-refractivity contribution in [3.63, 3.8) is 0 Å². The molecule has 4 aromatic carbocycles. The molecule has 1 saturated carbocycles. The monoisotopic (exact) mass is 628 g/mol. The van der Waals surface area contributed by atoms with Gasteiger partial charge in [-0.25, -0.2) is 0 Å². The number of carbonyl (C=O) groups is 1. The van der Waals surface area contributed by atoms with Gasteiger partial charge in [0.1, 0.15) is 17.1 Å². The van der Waals surface area contributed by atoms with E-state index in [4.69, 9.17) is 9.47 Å². The van der Waals surface area contributed by atoms with Gasteiger partial charge in [0, 0.05) is 16.5 Å². The second kappa shape index (κ2) is 13.7. The van der Waals surface area contributed by atoms with E-state index in [-0.39, 0.29) is 17.0 Å². The molecular weight excluding hydrogens is 576 g/mol. The Morgan fingerprint density at radius 2 is 1.49 bits per heavy atom. The highest BCUT2D eigenvalue weighted by molar-refractivity contribution is 5.82. The standard InChI is InChI=1S/C44H52O3/c1-6-25-42(4,7-2)41(45)46-39-22-20-35(30-37(39)33-17-11-9-12-18-33)44(26-13-10-14-27-44)36-21-23-40-38(31-36)34-19-15-16-32(29-34)24-28-43(5,8-3)47-40/h9,11-12,15-23,29-31H,6-8,10,13-14,24-28H2,1-5H3. The molecule has 0 spiro atoms. The SMILES string of the molecule is CCCC(C)(CC)C(=O)Oc1ccc(C2(c3ccc4c(c3)-c3cccc(c3)CCC(C)(CC)O4)CCCCC2)cc1-c1ccccc1. The van der Waals surface area contributed by atoms with Gasteiger partial charge in [-0.3, -0.25) is 4.79 Å². The van der Waals surface area contributed by atoms with Crippen LogP contribution in [0, 0.1) is 5.41 Å². The fourth-order valence-electron chi connectivity index (χ4n) is 7.87. The summed E-state index contributed by atoms with van der Waals surface area (Å²) >= 11 is 0. The van der Waals surface area contributed by atoms with Crippen molar-refractivity contribution < 1.29 is 14.3 Å². The van der Waals surface area contributed by atoms with E-state index in [0.29, 0.717) is 5.75 Å². The molecule has 2 aliphatic rings. The molecule has 4 aromatic rings. The maximum Gasteiger partial charge on any atom is 0.317 e. The van der Waals surface area contributed by atoms with Crippen LogP contribution in [0.1, 0.15) is 116 Å². The van der Waals surface area contributed by atoms with Gasteiger partial charge in [0.2, 0.25) is 0 Å². The van der Waals surface area contributed by atoms with Crippen LogP contribution >= 0.6 is 0 Å². The summed E-state index contributed by atoms with van der Waals surface area (Å²) in [6.07, 6.45) is 11.3. The van der Waals surface area contributed by atoms with Gasteiger partial charge >= 0.3 is 5.97 Å². The Hall–Kier alpha value is -3.85. The van der Waals surface area contributed by atoms with Crippen molar-refractivity contribution in [2.75, 3.05) is 0 Å². The molecule has 0 N–H and O–H groups in total. The first-order chi connectivity index (χ1) is 22.7. The third kappa shape index (κ3) is 6.64. The number of benzene rings is 4. The number of hydrogen-bond donors (Lipinski definition) is 0. The van der Waals surface area contributed by atoms with Crippen molar-refractivity contribution in [2.24, 2.45) is 5.41 Å². The van der Waals surface area contributed by atoms with E-state index >= 15 is 0 Å². The maximum atomic E-state index is 13.6. The minimum absolute atomic E-state index is 0.141. The molecular formula is C44H52O3. The predicted octanol–water partition coefficient (Wildman–Crippen LogP) is 11.9. The van der Waals surface area contributed by atoms with E-state index in [9.17, 15) is 4.79 Å². The molecule has 0 radical (unpaired) electrons. The van der Waals surface area contributed by atoms with Crippen LogP contribution in [0.2, 0.25) is 0 Å². The van der Waals surface area contributed by atoms with Crippen LogP contribution < -0.4 is 9.47 Å². The predicted molar refractivity (Wildman–Crippen MR) is 194 cm³/mol. The highest BCUT2D eigenvalue weighted by Gasteiger charge is 2.38. The number of esters is 1. The Kier molecular flexibility index (Phi) is 9.65. The van der Waals surface area contributed by atoms with Crippen LogP contribution in [-0.2, 0) is 16.6 Å². The van der Waals surface area contributed by atoms with Crippen molar-refractivity contribution in [3.05, 3.63) is 108 Å². The molecule has 246 valence electrons. The first-order valence-corrected chi connectivity index (χ1v) is 18.1. The number of hydrogen-bond acceptors (Lipinski definition) is 3. The first-order valence-electron chi connectivity index (χ1n) is 18.1. The van der Waals surface area contributed by atoms with Crippen LogP contribution in [0.3, 0.4) is 0 Å². The van der Waals surface area contributed by atoms with Crippen LogP contribution in [0.25, 0.3) is 22.3 Å². The summed E-state index contributed by atoms with van der Waals surface area (Å²) in [4.78, 5) is 13.6. The van der Waals surface area contributed by atoms with Gasteiger partial charge in [-0.15, -0.1) is 0 Å². The summed E-state index contributed by atoms with van der Waals surface area (Å²) in [7, 11) is 0. The average molecular weight is 629 g/mol. The zero-order valence-corrected chi connectivity index (χ0v) is 29.2. The van der Waals surface area contributed by atoms with Gasteiger partial charge in [-0.05, 0) is 111 Å². The lowest BCUT2D eigenvalue weighted by molar-refractivity contribution is -0.145. The third-order valence-corrected chi connectivity index (χ3v) is 11.4. The Labute approximate surface area is 282 Å². The largest absolute Gasteiger partial charge is 0.487 e. The molecule has 3 nitrogen and oxygen atoms in total. The normalized spacial score (nSPS) is 20.0. The number of carbonyl (C=O) groups excluding carboxylic acids is 1.